The summed E-state index contributed by atoms with van der Waals surface area (Å²) >= 11 is 6.03. The predicted molar refractivity (Wildman–Crippen MR) is 114 cm³/mol. The molecule has 0 N–H and O–H groups in total. The smallest absolute Gasteiger partial charge is 0.274 e. The third-order valence-electron chi connectivity index (χ3n) is 4.33. The Morgan fingerprint density at radius 1 is 1.30 bits per heavy atom. The molecule has 4 nitrogen and oxygen atoms in total. The topological polar surface area (TPSA) is 47.2 Å². The van der Waals surface area contributed by atoms with Crippen LogP contribution in [-0.2, 0) is 6.54 Å². The standard InChI is InChI=1S/C22H22ClN3O/c1-3-9-17(23)10-6-7-15-26-22(27)20-12-5-4-11-19(20)21(25-26)18-13-8-14-24-16(18)2/h3-7,9-13H,8,14-15H2,1-2H3/b7-6+,9-3-,17-10+. The van der Waals surface area contributed by atoms with Crippen molar-refractivity contribution >= 4 is 33.7 Å². The molecule has 138 valence electrons. The maximum absolute atomic E-state index is 12.8. The van der Waals surface area contributed by atoms with E-state index in [4.69, 9.17) is 11.6 Å². The molecule has 0 spiro atoms. The second-order valence-electron chi connectivity index (χ2n) is 6.23. The molecule has 5 heteroatoms. The molecule has 0 aliphatic carbocycles. The molecule has 1 aliphatic heterocycles. The number of rotatable bonds is 5. The first-order valence-corrected chi connectivity index (χ1v) is 9.36. The van der Waals surface area contributed by atoms with Crippen molar-refractivity contribution in [2.75, 3.05) is 6.54 Å². The van der Waals surface area contributed by atoms with Crippen LogP contribution in [0.1, 0.15) is 26.0 Å². The first kappa shape index (κ1) is 19.1. The van der Waals surface area contributed by atoms with Gasteiger partial charge in [-0.05, 0) is 38.5 Å². The SMILES string of the molecule is C\C=C/C(Cl)=C\C=C\Cn1nc(C2=CCCN=C2C)c2ccccc2c1=O. The van der Waals surface area contributed by atoms with E-state index in [1.54, 1.807) is 6.08 Å². The molecule has 0 bridgehead atoms. The van der Waals surface area contributed by atoms with Crippen LogP contribution in [0.25, 0.3) is 16.3 Å². The largest absolute Gasteiger partial charge is 0.289 e. The van der Waals surface area contributed by atoms with Gasteiger partial charge in [0.05, 0.1) is 11.9 Å². The van der Waals surface area contributed by atoms with Gasteiger partial charge in [-0.3, -0.25) is 9.79 Å². The van der Waals surface area contributed by atoms with E-state index in [1.807, 2.05) is 62.4 Å². The average Bonchev–Trinajstić information content (AvgIpc) is 2.68. The van der Waals surface area contributed by atoms with Gasteiger partial charge in [-0.25, -0.2) is 4.68 Å². The van der Waals surface area contributed by atoms with E-state index in [9.17, 15) is 4.79 Å². The number of allylic oxidation sites excluding steroid dienone is 7. The van der Waals surface area contributed by atoms with E-state index in [0.717, 1.165) is 35.3 Å². The van der Waals surface area contributed by atoms with Crippen LogP contribution < -0.4 is 5.56 Å². The van der Waals surface area contributed by atoms with Crippen LogP contribution in [-0.4, -0.2) is 22.0 Å². The van der Waals surface area contributed by atoms with E-state index < -0.39 is 0 Å². The number of aliphatic imine (C=N–C) groups is 1. The van der Waals surface area contributed by atoms with Gasteiger partial charge in [0.25, 0.3) is 5.56 Å². The highest BCUT2D eigenvalue weighted by Crippen LogP contribution is 2.24. The van der Waals surface area contributed by atoms with Crippen molar-refractivity contribution in [3.63, 3.8) is 0 Å². The van der Waals surface area contributed by atoms with Gasteiger partial charge in [0.1, 0.15) is 5.69 Å². The van der Waals surface area contributed by atoms with Crippen LogP contribution in [0.4, 0.5) is 0 Å². The maximum atomic E-state index is 12.8. The second-order valence-corrected chi connectivity index (χ2v) is 6.67. The highest BCUT2D eigenvalue weighted by molar-refractivity contribution is 6.31. The van der Waals surface area contributed by atoms with Gasteiger partial charge >= 0.3 is 0 Å². The first-order valence-electron chi connectivity index (χ1n) is 8.98. The molecule has 27 heavy (non-hydrogen) atoms. The number of fused-ring (bicyclic) bond motifs is 1. The fourth-order valence-corrected chi connectivity index (χ4v) is 3.23. The third kappa shape index (κ3) is 4.34. The van der Waals surface area contributed by atoms with Crippen LogP contribution >= 0.6 is 11.6 Å². The van der Waals surface area contributed by atoms with Crippen molar-refractivity contribution < 1.29 is 0 Å². The quantitative estimate of drug-likeness (QED) is 0.693. The van der Waals surface area contributed by atoms with Crippen LogP contribution in [0, 0.1) is 0 Å². The Balaban J connectivity index is 2.04. The van der Waals surface area contributed by atoms with Crippen molar-refractivity contribution in [3.8, 4) is 0 Å². The lowest BCUT2D eigenvalue weighted by atomic mass is 9.99. The summed E-state index contributed by atoms with van der Waals surface area (Å²) in [5.41, 5.74) is 2.67. The molecule has 1 aromatic heterocycles. The highest BCUT2D eigenvalue weighted by Gasteiger charge is 2.16. The number of dihydropyridines is 1. The summed E-state index contributed by atoms with van der Waals surface area (Å²) in [4.78, 5) is 17.4. The minimum absolute atomic E-state index is 0.103. The Morgan fingerprint density at radius 3 is 2.81 bits per heavy atom. The predicted octanol–water partition coefficient (Wildman–Crippen LogP) is 4.90. The fraction of sp³-hybridized carbons (Fsp3) is 0.227. The lowest BCUT2D eigenvalue weighted by Crippen LogP contribution is -2.24. The van der Waals surface area contributed by atoms with Gasteiger partial charge in [-0.15, -0.1) is 0 Å². The second kappa shape index (κ2) is 8.78. The van der Waals surface area contributed by atoms with Gasteiger partial charge in [0.15, 0.2) is 0 Å². The molecule has 0 fully saturated rings. The van der Waals surface area contributed by atoms with Crippen molar-refractivity contribution in [1.82, 2.24) is 9.78 Å². The number of hydrogen-bond donors (Lipinski definition) is 0. The summed E-state index contributed by atoms with van der Waals surface area (Å²) in [6.07, 6.45) is 12.2. The van der Waals surface area contributed by atoms with Crippen LogP contribution in [0.15, 0.2) is 75.5 Å². The van der Waals surface area contributed by atoms with Crippen molar-refractivity contribution in [2.24, 2.45) is 4.99 Å². The number of benzene rings is 1. The van der Waals surface area contributed by atoms with Gasteiger partial charge in [0.2, 0.25) is 0 Å². The Kier molecular flexibility index (Phi) is 6.20. The number of halogens is 1. The van der Waals surface area contributed by atoms with Crippen LogP contribution in [0.5, 0.6) is 0 Å². The van der Waals surface area contributed by atoms with Gasteiger partial charge in [-0.1, -0.05) is 54.1 Å². The molecule has 0 saturated heterocycles. The van der Waals surface area contributed by atoms with Crippen molar-refractivity contribution in [3.05, 3.63) is 81.8 Å². The normalized spacial score (nSPS) is 15.6. The zero-order valence-corrected chi connectivity index (χ0v) is 16.3. The fourth-order valence-electron chi connectivity index (χ4n) is 3.04. The molecule has 3 rings (SSSR count). The Morgan fingerprint density at radius 2 is 2.07 bits per heavy atom. The van der Waals surface area contributed by atoms with Gasteiger partial charge < -0.3 is 0 Å². The molecule has 0 amide bonds. The number of nitrogens with zero attached hydrogens (tertiary/aromatic N) is 3. The monoisotopic (exact) mass is 379 g/mol. The van der Waals surface area contributed by atoms with Crippen molar-refractivity contribution in [1.29, 1.82) is 0 Å². The molecular formula is C22H22ClN3O. The Labute approximate surface area is 163 Å². The zero-order valence-electron chi connectivity index (χ0n) is 15.5. The van der Waals surface area contributed by atoms with E-state index in [0.29, 0.717) is 17.0 Å². The van der Waals surface area contributed by atoms with Crippen LogP contribution in [0.2, 0.25) is 0 Å². The number of aromatic nitrogens is 2. The molecule has 0 atom stereocenters. The molecule has 1 aromatic carbocycles. The first-order chi connectivity index (χ1) is 13.1. The molecule has 2 heterocycles. The summed E-state index contributed by atoms with van der Waals surface area (Å²) in [6, 6.07) is 7.61. The summed E-state index contributed by atoms with van der Waals surface area (Å²) in [7, 11) is 0. The van der Waals surface area contributed by atoms with E-state index in [-0.39, 0.29) is 5.56 Å². The van der Waals surface area contributed by atoms with Crippen LogP contribution in [0.3, 0.4) is 0 Å². The summed E-state index contributed by atoms with van der Waals surface area (Å²) in [5, 5.41) is 6.82. The maximum Gasteiger partial charge on any atom is 0.274 e. The minimum Gasteiger partial charge on any atom is -0.289 e. The van der Waals surface area contributed by atoms with Crippen molar-refractivity contribution in [2.45, 2.75) is 26.8 Å². The minimum atomic E-state index is -0.103. The lowest BCUT2D eigenvalue weighted by molar-refractivity contribution is 0.656. The summed E-state index contributed by atoms with van der Waals surface area (Å²) in [5.74, 6) is 0. The molecule has 2 aromatic rings. The molecule has 0 unspecified atom stereocenters. The highest BCUT2D eigenvalue weighted by atomic mass is 35.5. The number of hydrogen-bond acceptors (Lipinski definition) is 3. The summed E-state index contributed by atoms with van der Waals surface area (Å²) in [6.45, 7) is 5.07. The molecular weight excluding hydrogens is 358 g/mol. The Hall–Kier alpha value is -2.72. The summed E-state index contributed by atoms with van der Waals surface area (Å²) < 4.78 is 1.49. The molecule has 1 aliphatic rings. The average molecular weight is 380 g/mol. The Bertz CT molecular complexity index is 1050. The lowest BCUT2D eigenvalue weighted by Gasteiger charge is -2.15. The zero-order chi connectivity index (χ0) is 19.2. The van der Waals surface area contributed by atoms with E-state index in [2.05, 4.69) is 16.2 Å². The molecule has 0 saturated carbocycles. The van der Waals surface area contributed by atoms with Gasteiger partial charge in [-0.2, -0.15) is 5.10 Å². The molecule has 0 radical (unpaired) electrons. The van der Waals surface area contributed by atoms with E-state index in [1.165, 1.54) is 4.68 Å². The van der Waals surface area contributed by atoms with Gasteiger partial charge in [0, 0.05) is 28.2 Å². The third-order valence-corrected chi connectivity index (χ3v) is 4.59. The van der Waals surface area contributed by atoms with E-state index >= 15 is 0 Å².